The maximum Gasteiger partial charge on any atom is 0.410 e. The maximum atomic E-state index is 12.8. The predicted octanol–water partition coefficient (Wildman–Crippen LogP) is 1.14. The minimum absolute atomic E-state index is 0.0837. The highest BCUT2D eigenvalue weighted by atomic mass is 16.6. The van der Waals surface area contributed by atoms with Crippen LogP contribution in [0, 0.1) is 5.92 Å². The molecule has 1 N–H and O–H groups in total. The van der Waals surface area contributed by atoms with Crippen LogP contribution in [-0.4, -0.2) is 72.7 Å². The summed E-state index contributed by atoms with van der Waals surface area (Å²) in [5.74, 6) is 1.05. The summed E-state index contributed by atoms with van der Waals surface area (Å²) in [5.41, 5.74) is -0.211. The number of nitrogens with one attached hydrogen (secondary N) is 1. The maximum absolute atomic E-state index is 12.8. The van der Waals surface area contributed by atoms with Crippen molar-refractivity contribution in [3.05, 3.63) is 26.7 Å². The molecule has 4 heterocycles. The Kier molecular flexibility index (Phi) is 6.81. The van der Waals surface area contributed by atoms with Crippen molar-refractivity contribution in [3.8, 4) is 0 Å². The molecule has 11 heteroatoms. The minimum atomic E-state index is -0.424. The van der Waals surface area contributed by atoms with Crippen molar-refractivity contribution in [2.24, 2.45) is 20.0 Å². The SMILES string of the molecule is CCC(C)C1COC(=O)N1C1CCN(C(=O)CCCc2nc3c([nH]2)c(=O)n(C)c(=O)n3C)CC1. The molecule has 0 spiro atoms. The molecule has 2 aromatic heterocycles. The summed E-state index contributed by atoms with van der Waals surface area (Å²) >= 11 is 0. The van der Waals surface area contributed by atoms with Gasteiger partial charge in [0, 0.05) is 46.1 Å². The van der Waals surface area contributed by atoms with Crippen molar-refractivity contribution in [1.82, 2.24) is 28.9 Å². The second-order valence-corrected chi connectivity index (χ2v) is 9.49. The van der Waals surface area contributed by atoms with Gasteiger partial charge in [-0.15, -0.1) is 0 Å². The number of aryl methyl sites for hydroxylation is 2. The van der Waals surface area contributed by atoms with Gasteiger partial charge in [0.1, 0.15) is 17.9 Å². The van der Waals surface area contributed by atoms with Crippen LogP contribution in [0.2, 0.25) is 0 Å². The van der Waals surface area contributed by atoms with E-state index in [1.54, 1.807) is 7.05 Å². The van der Waals surface area contributed by atoms with Gasteiger partial charge in [-0.05, 0) is 25.2 Å². The van der Waals surface area contributed by atoms with Crippen molar-refractivity contribution in [2.45, 2.75) is 64.5 Å². The highest BCUT2D eigenvalue weighted by Crippen LogP contribution is 2.29. The van der Waals surface area contributed by atoms with Gasteiger partial charge in [-0.3, -0.25) is 23.6 Å². The molecule has 4 rings (SSSR count). The van der Waals surface area contributed by atoms with Crippen LogP contribution in [0.4, 0.5) is 4.79 Å². The molecule has 34 heavy (non-hydrogen) atoms. The van der Waals surface area contributed by atoms with E-state index >= 15 is 0 Å². The van der Waals surface area contributed by atoms with E-state index in [4.69, 9.17) is 4.74 Å². The van der Waals surface area contributed by atoms with Gasteiger partial charge in [0.15, 0.2) is 5.65 Å². The Morgan fingerprint density at radius 3 is 2.56 bits per heavy atom. The molecule has 0 saturated carbocycles. The number of imidazole rings is 1. The Morgan fingerprint density at radius 2 is 1.88 bits per heavy atom. The molecule has 2 saturated heterocycles. The van der Waals surface area contributed by atoms with E-state index in [-0.39, 0.29) is 24.1 Å². The molecule has 0 radical (unpaired) electrons. The number of H-pyrrole nitrogens is 1. The zero-order chi connectivity index (χ0) is 24.6. The van der Waals surface area contributed by atoms with Crippen molar-refractivity contribution < 1.29 is 14.3 Å². The van der Waals surface area contributed by atoms with Gasteiger partial charge in [0.25, 0.3) is 5.56 Å². The summed E-state index contributed by atoms with van der Waals surface area (Å²) in [6, 6.07) is 0.229. The zero-order valence-corrected chi connectivity index (χ0v) is 20.4. The van der Waals surface area contributed by atoms with Crippen LogP contribution in [0.5, 0.6) is 0 Å². The first-order chi connectivity index (χ1) is 16.2. The molecular formula is C23H34N6O5. The van der Waals surface area contributed by atoms with Crippen LogP contribution in [-0.2, 0) is 30.0 Å². The first kappa shape index (κ1) is 24.0. The molecule has 2 unspecified atom stereocenters. The number of likely N-dealkylation sites (tertiary alicyclic amines) is 1. The number of ether oxygens (including phenoxy) is 1. The molecule has 2 aliphatic rings. The quantitative estimate of drug-likeness (QED) is 0.642. The lowest BCUT2D eigenvalue weighted by Gasteiger charge is -2.39. The summed E-state index contributed by atoms with van der Waals surface area (Å²) in [7, 11) is 3.01. The average molecular weight is 475 g/mol. The standard InChI is InChI=1S/C23H34N6O5/c1-5-14(2)16-13-34-23(33)29(16)15-9-11-28(12-10-15)18(30)8-6-7-17-24-19-20(25-17)26(3)22(32)27(4)21(19)31/h14-16H,5-13H2,1-4H3,(H,24,25). The number of nitrogens with zero attached hydrogens (tertiary/aromatic N) is 5. The highest BCUT2D eigenvalue weighted by molar-refractivity contribution is 5.76. The molecule has 186 valence electrons. The first-order valence-corrected chi connectivity index (χ1v) is 12.1. The van der Waals surface area contributed by atoms with Gasteiger partial charge in [0.2, 0.25) is 5.91 Å². The smallest absolute Gasteiger partial charge is 0.410 e. The molecular weight excluding hydrogens is 440 g/mol. The van der Waals surface area contributed by atoms with E-state index in [9.17, 15) is 19.2 Å². The van der Waals surface area contributed by atoms with Crippen LogP contribution < -0.4 is 11.2 Å². The number of aromatic nitrogens is 4. The number of aromatic amines is 1. The van der Waals surface area contributed by atoms with Gasteiger partial charge in [-0.2, -0.15) is 0 Å². The van der Waals surface area contributed by atoms with Crippen molar-refractivity contribution >= 4 is 23.2 Å². The molecule has 0 aliphatic carbocycles. The van der Waals surface area contributed by atoms with Gasteiger partial charge in [-0.25, -0.2) is 14.6 Å². The van der Waals surface area contributed by atoms with Crippen LogP contribution in [0.25, 0.3) is 11.2 Å². The number of hydrogen-bond donors (Lipinski definition) is 1. The first-order valence-electron chi connectivity index (χ1n) is 12.1. The minimum Gasteiger partial charge on any atom is -0.447 e. The number of hydrogen-bond acceptors (Lipinski definition) is 6. The van der Waals surface area contributed by atoms with Crippen LogP contribution in [0.3, 0.4) is 0 Å². The molecule has 0 aromatic carbocycles. The predicted molar refractivity (Wildman–Crippen MR) is 126 cm³/mol. The number of amides is 2. The van der Waals surface area contributed by atoms with E-state index in [0.29, 0.717) is 61.9 Å². The molecule has 2 aromatic rings. The van der Waals surface area contributed by atoms with E-state index in [2.05, 4.69) is 23.8 Å². The van der Waals surface area contributed by atoms with Gasteiger partial charge in [0.05, 0.1) is 6.04 Å². The molecule has 2 atom stereocenters. The molecule has 2 aliphatic heterocycles. The summed E-state index contributed by atoms with van der Waals surface area (Å²) in [4.78, 5) is 60.6. The Balaban J connectivity index is 1.30. The van der Waals surface area contributed by atoms with E-state index in [1.807, 2.05) is 9.80 Å². The van der Waals surface area contributed by atoms with Crippen LogP contribution >= 0.6 is 0 Å². The topological polar surface area (TPSA) is 123 Å². The average Bonchev–Trinajstić information content (AvgIpc) is 3.45. The fourth-order valence-corrected chi connectivity index (χ4v) is 5.03. The number of carbonyl (C=O) groups excluding carboxylic acids is 2. The fourth-order valence-electron chi connectivity index (χ4n) is 5.03. The van der Waals surface area contributed by atoms with Crippen molar-refractivity contribution in [2.75, 3.05) is 19.7 Å². The van der Waals surface area contributed by atoms with E-state index in [1.165, 1.54) is 11.6 Å². The molecule has 11 nitrogen and oxygen atoms in total. The zero-order valence-electron chi connectivity index (χ0n) is 20.4. The Morgan fingerprint density at radius 1 is 1.18 bits per heavy atom. The normalized spacial score (nSPS) is 20.2. The van der Waals surface area contributed by atoms with Gasteiger partial charge in [-0.1, -0.05) is 20.3 Å². The largest absolute Gasteiger partial charge is 0.447 e. The van der Waals surface area contributed by atoms with Crippen molar-refractivity contribution in [1.29, 1.82) is 0 Å². The summed E-state index contributed by atoms with van der Waals surface area (Å²) < 4.78 is 7.72. The van der Waals surface area contributed by atoms with Crippen LogP contribution in [0.15, 0.2) is 9.59 Å². The summed E-state index contributed by atoms with van der Waals surface area (Å²) in [6.45, 7) is 5.98. The Hall–Kier alpha value is -3.11. The molecule has 0 bridgehead atoms. The summed E-state index contributed by atoms with van der Waals surface area (Å²) in [5, 5.41) is 0. The number of carbonyl (C=O) groups is 2. The second kappa shape index (κ2) is 9.63. The third-order valence-electron chi connectivity index (χ3n) is 7.41. The number of cyclic esters (lactones) is 1. The number of fused-ring (bicyclic) bond motifs is 1. The molecule has 2 fully saturated rings. The molecule has 2 amide bonds. The lowest BCUT2D eigenvalue weighted by Crippen LogP contribution is -2.51. The lowest BCUT2D eigenvalue weighted by atomic mass is 9.95. The Labute approximate surface area is 197 Å². The van der Waals surface area contributed by atoms with E-state index in [0.717, 1.165) is 23.8 Å². The van der Waals surface area contributed by atoms with E-state index < -0.39 is 11.2 Å². The van der Waals surface area contributed by atoms with Crippen LogP contribution in [0.1, 0.15) is 51.8 Å². The summed E-state index contributed by atoms with van der Waals surface area (Å²) in [6.07, 6.45) is 3.74. The van der Waals surface area contributed by atoms with Gasteiger partial charge < -0.3 is 14.6 Å². The highest BCUT2D eigenvalue weighted by Gasteiger charge is 2.41. The third kappa shape index (κ3) is 4.35. The lowest BCUT2D eigenvalue weighted by molar-refractivity contribution is -0.132. The van der Waals surface area contributed by atoms with Gasteiger partial charge >= 0.3 is 11.8 Å². The number of piperidine rings is 1. The second-order valence-electron chi connectivity index (χ2n) is 9.49. The monoisotopic (exact) mass is 474 g/mol. The van der Waals surface area contributed by atoms with Crippen molar-refractivity contribution in [3.63, 3.8) is 0 Å². The number of rotatable bonds is 7. The fraction of sp³-hybridized carbons (Fsp3) is 0.696. The Bertz CT molecular complexity index is 1190. The third-order valence-corrected chi connectivity index (χ3v) is 7.41.